The molecule has 98 valence electrons. The molecule has 0 saturated carbocycles. The number of rotatable bonds is 6. The number of hydrogen-bond acceptors (Lipinski definition) is 4. The maximum Gasteiger partial charge on any atom is 0.338 e. The van der Waals surface area contributed by atoms with E-state index in [9.17, 15) is 4.79 Å². The van der Waals surface area contributed by atoms with E-state index in [1.807, 2.05) is 13.8 Å². The molecule has 0 atom stereocenters. The summed E-state index contributed by atoms with van der Waals surface area (Å²) in [5.41, 5.74) is 0.621. The first-order valence-electron chi connectivity index (χ1n) is 6.48. The second kappa shape index (κ2) is 8.12. The number of likely N-dealkylation sites (tertiary alicyclic amines) is 1. The molecular formula is C13H23NO3. The number of carbonyl (C=O) groups excluding carboxylic acids is 1. The van der Waals surface area contributed by atoms with Gasteiger partial charge in [0.25, 0.3) is 0 Å². The van der Waals surface area contributed by atoms with Crippen LogP contribution in [0.2, 0.25) is 0 Å². The summed E-state index contributed by atoms with van der Waals surface area (Å²) in [4.78, 5) is 14.0. The zero-order valence-corrected chi connectivity index (χ0v) is 10.9. The average Bonchev–Trinajstić information content (AvgIpc) is 2.36. The van der Waals surface area contributed by atoms with Gasteiger partial charge in [-0.3, -0.25) is 4.90 Å². The standard InChI is InChI=1S/C13H23NO3/c1-3-16-11-12(13(15)17-4-2)10-14-8-6-5-7-9-14/h11H,3-10H2,1-2H3/b12-11-. The molecule has 0 aliphatic carbocycles. The minimum atomic E-state index is -0.258. The third-order valence-corrected chi connectivity index (χ3v) is 2.77. The Kier molecular flexibility index (Phi) is 6.70. The number of nitrogens with zero attached hydrogens (tertiary/aromatic N) is 1. The SMILES string of the molecule is CCO/C=C(/CN1CCCCC1)C(=O)OCC. The van der Waals surface area contributed by atoms with Crippen molar-refractivity contribution in [3.8, 4) is 0 Å². The fourth-order valence-corrected chi connectivity index (χ4v) is 1.92. The summed E-state index contributed by atoms with van der Waals surface area (Å²) >= 11 is 0. The highest BCUT2D eigenvalue weighted by atomic mass is 16.5. The van der Waals surface area contributed by atoms with Gasteiger partial charge in [0.05, 0.1) is 25.0 Å². The summed E-state index contributed by atoms with van der Waals surface area (Å²) in [5, 5.41) is 0. The van der Waals surface area contributed by atoms with Crippen molar-refractivity contribution >= 4 is 5.97 Å². The molecule has 0 unspecified atom stereocenters. The Morgan fingerprint density at radius 3 is 2.47 bits per heavy atom. The fourth-order valence-electron chi connectivity index (χ4n) is 1.92. The first-order chi connectivity index (χ1) is 8.27. The van der Waals surface area contributed by atoms with Crippen LogP contribution >= 0.6 is 0 Å². The first-order valence-corrected chi connectivity index (χ1v) is 6.48. The Balaban J connectivity index is 2.52. The summed E-state index contributed by atoms with van der Waals surface area (Å²) in [6.45, 7) is 7.45. The highest BCUT2D eigenvalue weighted by molar-refractivity contribution is 5.88. The van der Waals surface area contributed by atoms with Crippen molar-refractivity contribution in [3.63, 3.8) is 0 Å². The summed E-state index contributed by atoms with van der Waals surface area (Å²) in [5.74, 6) is -0.258. The summed E-state index contributed by atoms with van der Waals surface area (Å²) in [6.07, 6.45) is 5.27. The van der Waals surface area contributed by atoms with E-state index in [1.54, 1.807) is 6.26 Å². The number of carbonyl (C=O) groups is 1. The summed E-state index contributed by atoms with van der Waals surface area (Å²) in [7, 11) is 0. The van der Waals surface area contributed by atoms with Crippen molar-refractivity contribution in [3.05, 3.63) is 11.8 Å². The Hall–Kier alpha value is -1.03. The zero-order valence-electron chi connectivity index (χ0n) is 10.9. The van der Waals surface area contributed by atoms with E-state index in [2.05, 4.69) is 4.90 Å². The molecule has 1 aliphatic rings. The molecule has 1 aliphatic heterocycles. The lowest BCUT2D eigenvalue weighted by Gasteiger charge is -2.26. The molecule has 1 saturated heterocycles. The van der Waals surface area contributed by atoms with Gasteiger partial charge < -0.3 is 9.47 Å². The molecule has 0 N–H and O–H groups in total. The van der Waals surface area contributed by atoms with Gasteiger partial charge in [0.15, 0.2) is 0 Å². The highest BCUT2D eigenvalue weighted by Gasteiger charge is 2.17. The predicted octanol–water partition coefficient (Wildman–Crippen LogP) is 1.96. The van der Waals surface area contributed by atoms with Crippen LogP contribution in [0, 0.1) is 0 Å². The van der Waals surface area contributed by atoms with Gasteiger partial charge in [-0.15, -0.1) is 0 Å². The van der Waals surface area contributed by atoms with Gasteiger partial charge in [-0.1, -0.05) is 6.42 Å². The van der Waals surface area contributed by atoms with Crippen molar-refractivity contribution < 1.29 is 14.3 Å². The summed E-state index contributed by atoms with van der Waals surface area (Å²) < 4.78 is 10.2. The van der Waals surface area contributed by atoms with Crippen LogP contribution < -0.4 is 0 Å². The van der Waals surface area contributed by atoms with Gasteiger partial charge in [0, 0.05) is 6.54 Å². The lowest BCUT2D eigenvalue weighted by atomic mass is 10.1. The highest BCUT2D eigenvalue weighted by Crippen LogP contribution is 2.11. The lowest BCUT2D eigenvalue weighted by molar-refractivity contribution is -0.139. The van der Waals surface area contributed by atoms with E-state index in [-0.39, 0.29) is 5.97 Å². The molecule has 4 heteroatoms. The number of esters is 1. The maximum atomic E-state index is 11.7. The molecule has 0 spiro atoms. The monoisotopic (exact) mass is 241 g/mol. The minimum Gasteiger partial charge on any atom is -0.501 e. The molecule has 0 aromatic rings. The fraction of sp³-hybridized carbons (Fsp3) is 0.769. The van der Waals surface area contributed by atoms with E-state index in [1.165, 1.54) is 19.3 Å². The van der Waals surface area contributed by atoms with Crippen LogP contribution in [0.5, 0.6) is 0 Å². The molecule has 0 bridgehead atoms. The largest absolute Gasteiger partial charge is 0.501 e. The van der Waals surface area contributed by atoms with Crippen molar-refractivity contribution in [2.45, 2.75) is 33.1 Å². The Labute approximate surface area is 104 Å². The topological polar surface area (TPSA) is 38.8 Å². The van der Waals surface area contributed by atoms with Gasteiger partial charge >= 0.3 is 5.97 Å². The van der Waals surface area contributed by atoms with Crippen LogP contribution in [-0.2, 0) is 14.3 Å². The quantitative estimate of drug-likeness (QED) is 0.405. The van der Waals surface area contributed by atoms with Crippen molar-refractivity contribution in [2.75, 3.05) is 32.8 Å². The Morgan fingerprint density at radius 2 is 1.88 bits per heavy atom. The van der Waals surface area contributed by atoms with Crippen LogP contribution in [0.4, 0.5) is 0 Å². The normalized spacial score (nSPS) is 17.9. The van der Waals surface area contributed by atoms with Crippen molar-refractivity contribution in [1.29, 1.82) is 0 Å². The Bertz CT molecular complexity index is 257. The van der Waals surface area contributed by atoms with E-state index in [4.69, 9.17) is 9.47 Å². The van der Waals surface area contributed by atoms with E-state index in [0.29, 0.717) is 25.3 Å². The third-order valence-electron chi connectivity index (χ3n) is 2.77. The van der Waals surface area contributed by atoms with Crippen LogP contribution in [0.3, 0.4) is 0 Å². The second-order valence-electron chi connectivity index (χ2n) is 4.16. The molecule has 0 aromatic carbocycles. The molecule has 1 rings (SSSR count). The van der Waals surface area contributed by atoms with Crippen LogP contribution in [0.1, 0.15) is 33.1 Å². The van der Waals surface area contributed by atoms with Gasteiger partial charge in [0.1, 0.15) is 0 Å². The third kappa shape index (κ3) is 5.22. The van der Waals surface area contributed by atoms with Crippen LogP contribution in [-0.4, -0.2) is 43.7 Å². The molecule has 0 aromatic heterocycles. The van der Waals surface area contributed by atoms with Crippen molar-refractivity contribution in [1.82, 2.24) is 4.90 Å². The lowest BCUT2D eigenvalue weighted by Crippen LogP contribution is -2.33. The van der Waals surface area contributed by atoms with Crippen LogP contribution in [0.25, 0.3) is 0 Å². The van der Waals surface area contributed by atoms with E-state index < -0.39 is 0 Å². The van der Waals surface area contributed by atoms with E-state index in [0.717, 1.165) is 13.1 Å². The number of piperidine rings is 1. The molecule has 1 fully saturated rings. The zero-order chi connectivity index (χ0) is 12.5. The minimum absolute atomic E-state index is 0.258. The van der Waals surface area contributed by atoms with Gasteiger partial charge in [-0.2, -0.15) is 0 Å². The van der Waals surface area contributed by atoms with Crippen molar-refractivity contribution in [2.24, 2.45) is 0 Å². The van der Waals surface area contributed by atoms with Gasteiger partial charge in [-0.25, -0.2) is 4.79 Å². The van der Waals surface area contributed by atoms with Gasteiger partial charge in [-0.05, 0) is 39.8 Å². The smallest absolute Gasteiger partial charge is 0.338 e. The maximum absolute atomic E-state index is 11.7. The number of hydrogen-bond donors (Lipinski definition) is 0. The van der Waals surface area contributed by atoms with Gasteiger partial charge in [0.2, 0.25) is 0 Å². The molecule has 0 radical (unpaired) electrons. The number of ether oxygens (including phenoxy) is 2. The molecule has 1 heterocycles. The Morgan fingerprint density at radius 1 is 1.18 bits per heavy atom. The average molecular weight is 241 g/mol. The van der Waals surface area contributed by atoms with Crippen LogP contribution in [0.15, 0.2) is 11.8 Å². The molecular weight excluding hydrogens is 218 g/mol. The second-order valence-corrected chi connectivity index (χ2v) is 4.16. The predicted molar refractivity (Wildman–Crippen MR) is 66.6 cm³/mol. The summed E-state index contributed by atoms with van der Waals surface area (Å²) in [6, 6.07) is 0. The first kappa shape index (κ1) is 14.0. The molecule has 17 heavy (non-hydrogen) atoms. The molecule has 0 amide bonds. The van der Waals surface area contributed by atoms with E-state index >= 15 is 0 Å². The molecule has 4 nitrogen and oxygen atoms in total.